The van der Waals surface area contributed by atoms with Crippen LogP contribution in [0, 0.1) is 0 Å². The van der Waals surface area contributed by atoms with Gasteiger partial charge in [0.15, 0.2) is 0 Å². The Balaban J connectivity index is 0.00000370. The van der Waals surface area contributed by atoms with Gasteiger partial charge in [-0.05, 0) is 36.4 Å². The van der Waals surface area contributed by atoms with Crippen molar-refractivity contribution in [1.82, 2.24) is 14.5 Å². The van der Waals surface area contributed by atoms with Gasteiger partial charge in [0.25, 0.3) is 0 Å². The standard InChI is InChI=1S/C27H31N5O6S.ClH/c1-30-22-7-5-19(39(28,34)35)17-21(22)20-6-4-18(16-24(20)30)32(23-8-9-25(36-2)29-27(23)37-3)26(33)10-11-31-12-14-38-15-13-31;/h4-9,16-17H,10-15H2,1-3H3,(H2,28,34,35);1H. The summed E-state index contributed by atoms with van der Waals surface area (Å²) in [6.07, 6.45) is 0.278. The first-order valence-corrected chi connectivity index (χ1v) is 14.0. The summed E-state index contributed by atoms with van der Waals surface area (Å²) in [6, 6.07) is 13.9. The number of sulfonamides is 1. The highest BCUT2D eigenvalue weighted by Gasteiger charge is 2.25. The number of hydrogen-bond donors (Lipinski definition) is 1. The third-order valence-corrected chi connectivity index (χ3v) is 7.91. The Morgan fingerprint density at radius 1 is 1.02 bits per heavy atom. The lowest BCUT2D eigenvalue weighted by molar-refractivity contribution is -0.118. The molecule has 2 aromatic carbocycles. The zero-order chi connectivity index (χ0) is 27.7. The molecule has 0 aliphatic carbocycles. The predicted octanol–water partition coefficient (Wildman–Crippen LogP) is 3.20. The maximum absolute atomic E-state index is 13.8. The fourth-order valence-electron chi connectivity index (χ4n) is 4.95. The van der Waals surface area contributed by atoms with Crippen molar-refractivity contribution in [2.24, 2.45) is 12.2 Å². The molecule has 0 atom stereocenters. The molecular weight excluding hydrogens is 558 g/mol. The van der Waals surface area contributed by atoms with E-state index in [1.807, 2.05) is 29.8 Å². The van der Waals surface area contributed by atoms with Crippen LogP contribution in [0.15, 0.2) is 53.4 Å². The number of hydrogen-bond acceptors (Lipinski definition) is 8. The van der Waals surface area contributed by atoms with Gasteiger partial charge in [-0.3, -0.25) is 14.6 Å². The summed E-state index contributed by atoms with van der Waals surface area (Å²) < 4.78 is 42.1. The Bertz CT molecular complexity index is 1650. The number of nitrogens with zero attached hydrogens (tertiary/aromatic N) is 4. The third kappa shape index (κ3) is 5.72. The van der Waals surface area contributed by atoms with Crippen molar-refractivity contribution in [1.29, 1.82) is 0 Å². The van der Waals surface area contributed by atoms with Gasteiger partial charge in [-0.1, -0.05) is 6.07 Å². The summed E-state index contributed by atoms with van der Waals surface area (Å²) >= 11 is 0. The van der Waals surface area contributed by atoms with E-state index in [4.69, 9.17) is 19.3 Å². The fourth-order valence-corrected chi connectivity index (χ4v) is 5.49. The number of anilines is 2. The maximum atomic E-state index is 13.8. The summed E-state index contributed by atoms with van der Waals surface area (Å²) in [6.45, 7) is 3.46. The average Bonchev–Trinajstić information content (AvgIpc) is 3.23. The summed E-state index contributed by atoms with van der Waals surface area (Å²) in [5, 5.41) is 6.96. The van der Waals surface area contributed by atoms with E-state index in [1.165, 1.54) is 20.3 Å². The number of benzene rings is 2. The molecule has 4 aromatic rings. The molecule has 1 fully saturated rings. The van der Waals surface area contributed by atoms with Gasteiger partial charge in [-0.2, -0.15) is 4.98 Å². The maximum Gasteiger partial charge on any atom is 0.241 e. The van der Waals surface area contributed by atoms with E-state index >= 15 is 0 Å². The van der Waals surface area contributed by atoms with Gasteiger partial charge in [0.05, 0.1) is 43.5 Å². The van der Waals surface area contributed by atoms with Gasteiger partial charge < -0.3 is 18.8 Å². The van der Waals surface area contributed by atoms with Gasteiger partial charge in [0.2, 0.25) is 27.7 Å². The highest BCUT2D eigenvalue weighted by atomic mass is 35.5. The molecule has 1 aliphatic heterocycles. The molecule has 2 aromatic heterocycles. The Labute approximate surface area is 238 Å². The molecular formula is C27H32ClN5O6S. The van der Waals surface area contributed by atoms with Crippen LogP contribution in [0.1, 0.15) is 6.42 Å². The molecule has 11 nitrogen and oxygen atoms in total. The number of halogens is 1. The molecule has 0 unspecified atom stereocenters. The molecule has 214 valence electrons. The van der Waals surface area contributed by atoms with Gasteiger partial charge in [0, 0.05) is 55.5 Å². The van der Waals surface area contributed by atoms with Crippen molar-refractivity contribution in [3.63, 3.8) is 0 Å². The molecule has 1 amide bonds. The van der Waals surface area contributed by atoms with E-state index < -0.39 is 10.0 Å². The number of primary sulfonamides is 1. The Morgan fingerprint density at radius 3 is 2.45 bits per heavy atom. The first kappa shape index (κ1) is 29.6. The van der Waals surface area contributed by atoms with Crippen molar-refractivity contribution >= 4 is 61.5 Å². The molecule has 3 heterocycles. The number of ether oxygens (including phenoxy) is 3. The average molecular weight is 590 g/mol. The van der Waals surface area contributed by atoms with Crippen LogP contribution in [0.2, 0.25) is 0 Å². The number of morpholine rings is 1. The summed E-state index contributed by atoms with van der Waals surface area (Å²) in [5.74, 6) is 0.497. The monoisotopic (exact) mass is 589 g/mol. The van der Waals surface area contributed by atoms with E-state index in [9.17, 15) is 13.2 Å². The normalized spacial score (nSPS) is 14.2. The van der Waals surface area contributed by atoms with Crippen molar-refractivity contribution < 1.29 is 27.4 Å². The van der Waals surface area contributed by atoms with Crippen molar-refractivity contribution in [3.05, 3.63) is 48.5 Å². The molecule has 40 heavy (non-hydrogen) atoms. The Hall–Kier alpha value is -3.42. The zero-order valence-electron chi connectivity index (χ0n) is 22.5. The number of aryl methyl sites for hydroxylation is 1. The predicted molar refractivity (Wildman–Crippen MR) is 155 cm³/mol. The van der Waals surface area contributed by atoms with Crippen LogP contribution in [0.4, 0.5) is 11.4 Å². The van der Waals surface area contributed by atoms with Gasteiger partial charge >= 0.3 is 0 Å². The topological polar surface area (TPSA) is 129 Å². The number of fused-ring (bicyclic) bond motifs is 3. The molecule has 0 saturated carbocycles. The van der Waals surface area contributed by atoms with E-state index in [2.05, 4.69) is 9.88 Å². The number of carbonyl (C=O) groups is 1. The minimum absolute atomic E-state index is 0. The van der Waals surface area contributed by atoms with E-state index in [0.29, 0.717) is 37.0 Å². The van der Waals surface area contributed by atoms with E-state index in [-0.39, 0.29) is 35.5 Å². The lowest BCUT2D eigenvalue weighted by atomic mass is 10.1. The van der Waals surface area contributed by atoms with Crippen LogP contribution in [0.5, 0.6) is 11.8 Å². The van der Waals surface area contributed by atoms with Crippen LogP contribution in [-0.4, -0.2) is 75.8 Å². The van der Waals surface area contributed by atoms with Gasteiger partial charge in [0.1, 0.15) is 5.69 Å². The largest absolute Gasteiger partial charge is 0.481 e. The summed E-state index contributed by atoms with van der Waals surface area (Å²) in [4.78, 5) is 22.1. The quantitative estimate of drug-likeness (QED) is 0.332. The van der Waals surface area contributed by atoms with Crippen LogP contribution in [0.25, 0.3) is 21.8 Å². The Kier molecular flexibility index (Phi) is 8.86. The minimum Gasteiger partial charge on any atom is -0.481 e. The molecule has 0 bridgehead atoms. The lowest BCUT2D eigenvalue weighted by Gasteiger charge is -2.28. The SMILES string of the molecule is COc1ccc(N(C(=O)CCN2CCOCC2)c2ccc3c4cc(S(N)(=O)=O)ccc4n(C)c3c2)c(OC)n1.Cl. The van der Waals surface area contributed by atoms with Gasteiger partial charge in [-0.25, -0.2) is 13.6 Å². The molecule has 2 N–H and O–H groups in total. The first-order valence-electron chi connectivity index (χ1n) is 12.5. The second-order valence-corrected chi connectivity index (χ2v) is 10.9. The fraction of sp³-hybridized carbons (Fsp3) is 0.333. The molecule has 13 heteroatoms. The number of rotatable bonds is 8. The second-order valence-electron chi connectivity index (χ2n) is 9.30. The Morgan fingerprint density at radius 2 is 1.77 bits per heavy atom. The number of aromatic nitrogens is 2. The number of amides is 1. The number of pyridine rings is 1. The summed E-state index contributed by atoms with van der Waals surface area (Å²) in [7, 11) is 1.05. The summed E-state index contributed by atoms with van der Waals surface area (Å²) in [5.41, 5.74) is 2.76. The van der Waals surface area contributed by atoms with Crippen LogP contribution >= 0.6 is 12.4 Å². The van der Waals surface area contributed by atoms with Crippen LogP contribution in [0.3, 0.4) is 0 Å². The number of carbonyl (C=O) groups excluding carboxylic acids is 1. The third-order valence-electron chi connectivity index (χ3n) is 7.00. The smallest absolute Gasteiger partial charge is 0.241 e. The van der Waals surface area contributed by atoms with E-state index in [0.717, 1.165) is 34.9 Å². The number of methoxy groups -OCH3 is 2. The van der Waals surface area contributed by atoms with Crippen LogP contribution < -0.4 is 19.5 Å². The highest BCUT2D eigenvalue weighted by molar-refractivity contribution is 7.89. The van der Waals surface area contributed by atoms with Crippen LogP contribution in [-0.2, 0) is 26.6 Å². The molecule has 0 spiro atoms. The van der Waals surface area contributed by atoms with Gasteiger partial charge in [-0.15, -0.1) is 12.4 Å². The molecule has 0 radical (unpaired) electrons. The van der Waals surface area contributed by atoms with Crippen molar-refractivity contribution in [3.8, 4) is 11.8 Å². The number of nitrogens with two attached hydrogens (primary N) is 1. The molecule has 1 aliphatic rings. The second kappa shape index (κ2) is 12.0. The zero-order valence-corrected chi connectivity index (χ0v) is 24.1. The molecule has 1 saturated heterocycles. The van der Waals surface area contributed by atoms with Crippen molar-refractivity contribution in [2.75, 3.05) is 52.0 Å². The highest BCUT2D eigenvalue weighted by Crippen LogP contribution is 2.38. The minimum atomic E-state index is -3.86. The molecule has 5 rings (SSSR count). The van der Waals surface area contributed by atoms with Crippen molar-refractivity contribution in [2.45, 2.75) is 11.3 Å². The van der Waals surface area contributed by atoms with E-state index in [1.54, 1.807) is 29.2 Å². The lowest BCUT2D eigenvalue weighted by Crippen LogP contribution is -2.39. The first-order chi connectivity index (χ1) is 18.7.